The second-order valence-electron chi connectivity index (χ2n) is 2.72. The van der Waals surface area contributed by atoms with Crippen LogP contribution >= 0.6 is 0 Å². The average molecular weight is 190 g/mol. The quantitative estimate of drug-likeness (QED) is 0.619. The summed E-state index contributed by atoms with van der Waals surface area (Å²) in [5.41, 5.74) is 0.908. The fourth-order valence-corrected chi connectivity index (χ4v) is 1.22. The second-order valence-corrected chi connectivity index (χ2v) is 2.72. The van der Waals surface area contributed by atoms with Gasteiger partial charge in [0, 0.05) is 5.56 Å². The SMILES string of the molecule is OB(O)c1ccccc1-c1ncon1. The molecule has 0 atom stereocenters. The predicted molar refractivity (Wildman–Crippen MR) is 49.6 cm³/mol. The van der Waals surface area contributed by atoms with Gasteiger partial charge in [-0.1, -0.05) is 29.4 Å². The van der Waals surface area contributed by atoms with Crippen molar-refractivity contribution in [1.29, 1.82) is 0 Å². The molecule has 0 amide bonds. The lowest BCUT2D eigenvalue weighted by molar-refractivity contribution is 0.418. The van der Waals surface area contributed by atoms with E-state index >= 15 is 0 Å². The Kier molecular flexibility index (Phi) is 2.30. The molecule has 0 aliphatic carbocycles. The molecular weight excluding hydrogens is 183 g/mol. The Morgan fingerprint density at radius 1 is 1.21 bits per heavy atom. The fraction of sp³-hybridized carbons (Fsp3) is 0. The van der Waals surface area contributed by atoms with E-state index in [4.69, 9.17) is 10.0 Å². The molecule has 2 N–H and O–H groups in total. The highest BCUT2D eigenvalue weighted by Crippen LogP contribution is 2.11. The van der Waals surface area contributed by atoms with Crippen molar-refractivity contribution in [1.82, 2.24) is 10.1 Å². The van der Waals surface area contributed by atoms with E-state index in [-0.39, 0.29) is 0 Å². The molecule has 0 unspecified atom stereocenters. The van der Waals surface area contributed by atoms with Crippen molar-refractivity contribution < 1.29 is 14.6 Å². The van der Waals surface area contributed by atoms with Gasteiger partial charge in [0.2, 0.25) is 12.2 Å². The normalized spacial score (nSPS) is 10.1. The van der Waals surface area contributed by atoms with Crippen LogP contribution in [0.15, 0.2) is 35.2 Å². The Morgan fingerprint density at radius 2 is 2.00 bits per heavy atom. The van der Waals surface area contributed by atoms with Crippen LogP contribution in [0, 0.1) is 0 Å². The highest BCUT2D eigenvalue weighted by molar-refractivity contribution is 6.60. The molecule has 70 valence electrons. The molecule has 0 spiro atoms. The third kappa shape index (κ3) is 1.52. The maximum atomic E-state index is 9.07. The van der Waals surface area contributed by atoms with Crippen molar-refractivity contribution in [2.45, 2.75) is 0 Å². The van der Waals surface area contributed by atoms with Gasteiger partial charge in [-0.15, -0.1) is 0 Å². The van der Waals surface area contributed by atoms with Crippen LogP contribution < -0.4 is 5.46 Å². The summed E-state index contributed by atoms with van der Waals surface area (Å²) in [5, 5.41) is 21.8. The number of nitrogens with zero attached hydrogens (tertiary/aromatic N) is 2. The molecule has 0 aliphatic heterocycles. The molecule has 14 heavy (non-hydrogen) atoms. The molecule has 0 fully saturated rings. The molecule has 1 aromatic heterocycles. The standard InChI is InChI=1S/C8H7BN2O3/c12-9(13)7-4-2-1-3-6(7)8-10-5-14-11-8/h1-5,12-13H. The van der Waals surface area contributed by atoms with E-state index in [0.717, 1.165) is 0 Å². The van der Waals surface area contributed by atoms with E-state index in [1.807, 2.05) is 0 Å². The van der Waals surface area contributed by atoms with Gasteiger partial charge < -0.3 is 14.6 Å². The number of hydrogen-bond acceptors (Lipinski definition) is 5. The topological polar surface area (TPSA) is 79.4 Å². The van der Waals surface area contributed by atoms with Crippen molar-refractivity contribution in [2.75, 3.05) is 0 Å². The van der Waals surface area contributed by atoms with E-state index in [2.05, 4.69) is 14.7 Å². The minimum atomic E-state index is -1.54. The van der Waals surface area contributed by atoms with E-state index in [1.165, 1.54) is 6.39 Å². The van der Waals surface area contributed by atoms with Gasteiger partial charge >= 0.3 is 7.12 Å². The van der Waals surface area contributed by atoms with Crippen LogP contribution in [0.4, 0.5) is 0 Å². The maximum Gasteiger partial charge on any atom is 0.489 e. The molecule has 6 heteroatoms. The van der Waals surface area contributed by atoms with Gasteiger partial charge in [-0.25, -0.2) is 0 Å². The number of hydrogen-bond donors (Lipinski definition) is 2. The Morgan fingerprint density at radius 3 is 2.64 bits per heavy atom. The van der Waals surface area contributed by atoms with Gasteiger partial charge in [-0.2, -0.15) is 4.98 Å². The third-order valence-corrected chi connectivity index (χ3v) is 1.84. The Balaban J connectivity index is 2.53. The van der Waals surface area contributed by atoms with Gasteiger partial charge in [-0.05, 0) is 5.46 Å². The van der Waals surface area contributed by atoms with Crippen molar-refractivity contribution in [3.05, 3.63) is 30.7 Å². The monoisotopic (exact) mass is 190 g/mol. The highest BCUT2D eigenvalue weighted by atomic mass is 16.5. The summed E-state index contributed by atoms with van der Waals surface area (Å²) in [6.45, 7) is 0. The largest absolute Gasteiger partial charge is 0.489 e. The second kappa shape index (κ2) is 3.61. The van der Waals surface area contributed by atoms with Gasteiger partial charge in [0.1, 0.15) is 0 Å². The van der Waals surface area contributed by atoms with Crippen LogP contribution in [-0.2, 0) is 0 Å². The first-order valence-corrected chi connectivity index (χ1v) is 4.01. The van der Waals surface area contributed by atoms with E-state index < -0.39 is 7.12 Å². The maximum absolute atomic E-state index is 9.07. The van der Waals surface area contributed by atoms with Crippen molar-refractivity contribution in [3.63, 3.8) is 0 Å². The van der Waals surface area contributed by atoms with Crippen molar-refractivity contribution in [3.8, 4) is 11.4 Å². The predicted octanol–water partition coefficient (Wildman–Crippen LogP) is -0.584. The molecule has 2 rings (SSSR count). The minimum absolute atomic E-state index is 0.341. The molecule has 5 nitrogen and oxygen atoms in total. The van der Waals surface area contributed by atoms with Crippen molar-refractivity contribution >= 4 is 12.6 Å². The molecule has 2 aromatic rings. The molecule has 1 aromatic carbocycles. The van der Waals surface area contributed by atoms with E-state index in [9.17, 15) is 0 Å². The summed E-state index contributed by atoms with van der Waals surface area (Å²) in [6, 6.07) is 6.76. The van der Waals surface area contributed by atoms with Crippen LogP contribution in [0.1, 0.15) is 0 Å². The van der Waals surface area contributed by atoms with E-state index in [1.54, 1.807) is 24.3 Å². The van der Waals surface area contributed by atoms with Crippen LogP contribution in [0.5, 0.6) is 0 Å². The Labute approximate surface area is 80.2 Å². The molecule has 0 saturated carbocycles. The van der Waals surface area contributed by atoms with Crippen LogP contribution in [0.25, 0.3) is 11.4 Å². The van der Waals surface area contributed by atoms with Gasteiger partial charge in [-0.3, -0.25) is 0 Å². The van der Waals surface area contributed by atoms with Crippen LogP contribution in [0.3, 0.4) is 0 Å². The lowest BCUT2D eigenvalue weighted by Crippen LogP contribution is -2.31. The highest BCUT2D eigenvalue weighted by Gasteiger charge is 2.18. The van der Waals surface area contributed by atoms with Gasteiger partial charge in [0.05, 0.1) is 0 Å². The minimum Gasteiger partial charge on any atom is -0.423 e. The summed E-state index contributed by atoms with van der Waals surface area (Å²) in [7, 11) is -1.54. The molecule has 0 aliphatic rings. The first-order chi connectivity index (χ1) is 6.79. The molecule has 0 radical (unpaired) electrons. The van der Waals surface area contributed by atoms with Gasteiger partial charge in [0.25, 0.3) is 0 Å². The molecule has 0 bridgehead atoms. The summed E-state index contributed by atoms with van der Waals surface area (Å²) in [5.74, 6) is 0.341. The van der Waals surface area contributed by atoms with Crippen LogP contribution in [-0.4, -0.2) is 27.3 Å². The molecular formula is C8H7BN2O3. The fourth-order valence-electron chi connectivity index (χ4n) is 1.22. The summed E-state index contributed by atoms with van der Waals surface area (Å²) >= 11 is 0. The van der Waals surface area contributed by atoms with Crippen LogP contribution in [0.2, 0.25) is 0 Å². The Bertz CT molecular complexity index is 416. The lowest BCUT2D eigenvalue weighted by atomic mass is 9.77. The summed E-state index contributed by atoms with van der Waals surface area (Å²) < 4.78 is 4.58. The van der Waals surface area contributed by atoms with Crippen molar-refractivity contribution in [2.24, 2.45) is 0 Å². The Hall–Kier alpha value is -1.66. The third-order valence-electron chi connectivity index (χ3n) is 1.84. The number of rotatable bonds is 2. The smallest absolute Gasteiger partial charge is 0.423 e. The lowest BCUT2D eigenvalue weighted by Gasteiger charge is -2.03. The summed E-state index contributed by atoms with van der Waals surface area (Å²) in [6.07, 6.45) is 1.19. The molecule has 0 saturated heterocycles. The first kappa shape index (κ1) is 8.92. The zero-order valence-corrected chi connectivity index (χ0v) is 7.16. The van der Waals surface area contributed by atoms with E-state index in [0.29, 0.717) is 16.9 Å². The zero-order valence-electron chi connectivity index (χ0n) is 7.16. The molecule has 1 heterocycles. The van der Waals surface area contributed by atoms with Gasteiger partial charge in [0.15, 0.2) is 0 Å². The first-order valence-electron chi connectivity index (χ1n) is 4.01. The summed E-state index contributed by atoms with van der Waals surface area (Å²) in [4.78, 5) is 3.83. The zero-order chi connectivity index (χ0) is 9.97. The number of aromatic nitrogens is 2. The number of benzene rings is 1. The average Bonchev–Trinajstić information content (AvgIpc) is 2.70.